The zero-order valence-corrected chi connectivity index (χ0v) is 24.5. The molecule has 9 nitrogen and oxygen atoms in total. The zero-order chi connectivity index (χ0) is 29.2. The van der Waals surface area contributed by atoms with Crippen LogP contribution in [-0.2, 0) is 28.6 Å². The Hall–Kier alpha value is -2.23. The number of rotatable bonds is 6. The van der Waals surface area contributed by atoms with Crippen LogP contribution < -0.4 is 5.73 Å². The molecular weight excluding hydrogens is 502 g/mol. The van der Waals surface area contributed by atoms with E-state index in [9.17, 15) is 24.6 Å². The van der Waals surface area contributed by atoms with Crippen molar-refractivity contribution in [3.8, 4) is 0 Å². The number of hydrogen-bond acceptors (Lipinski definition) is 9. The van der Waals surface area contributed by atoms with Crippen molar-refractivity contribution in [3.05, 3.63) is 22.6 Å². The van der Waals surface area contributed by atoms with Crippen LogP contribution in [0.4, 0.5) is 0 Å². The van der Waals surface area contributed by atoms with E-state index in [1.807, 2.05) is 27.7 Å². The van der Waals surface area contributed by atoms with E-state index in [1.165, 1.54) is 6.92 Å². The van der Waals surface area contributed by atoms with Gasteiger partial charge in [0.05, 0.1) is 35.2 Å². The first-order chi connectivity index (χ1) is 18.0. The number of aliphatic hydroxyl groups is 2. The lowest BCUT2D eigenvalue weighted by Crippen LogP contribution is -2.66. The Balaban J connectivity index is 1.71. The maximum absolute atomic E-state index is 14.0. The molecule has 2 heterocycles. The lowest BCUT2D eigenvalue weighted by Gasteiger charge is -2.61. The van der Waals surface area contributed by atoms with Crippen LogP contribution in [0, 0.1) is 23.2 Å². The van der Waals surface area contributed by atoms with E-state index in [0.29, 0.717) is 32.1 Å². The van der Waals surface area contributed by atoms with Crippen LogP contribution in [0.25, 0.3) is 0 Å². The molecule has 1 saturated heterocycles. The second-order valence-electron chi connectivity index (χ2n) is 13.2. The van der Waals surface area contributed by atoms with Gasteiger partial charge in [-0.1, -0.05) is 34.1 Å². The summed E-state index contributed by atoms with van der Waals surface area (Å²) < 4.78 is 18.4. The number of aliphatic hydroxyl groups excluding tert-OH is 1. The summed E-state index contributed by atoms with van der Waals surface area (Å²) in [5.41, 5.74) is 3.58. The Morgan fingerprint density at radius 1 is 1.18 bits per heavy atom. The number of nitrogens with two attached hydrogens (primary N) is 1. The number of ketones is 2. The van der Waals surface area contributed by atoms with Crippen LogP contribution in [0.15, 0.2) is 22.6 Å². The van der Waals surface area contributed by atoms with Crippen LogP contribution in [0.3, 0.4) is 0 Å². The molecule has 2 fully saturated rings. The van der Waals surface area contributed by atoms with E-state index in [-0.39, 0.29) is 40.7 Å². The van der Waals surface area contributed by atoms with Crippen molar-refractivity contribution in [1.29, 1.82) is 0 Å². The minimum absolute atomic E-state index is 0.0634. The van der Waals surface area contributed by atoms with Crippen LogP contribution in [0.5, 0.6) is 0 Å². The van der Waals surface area contributed by atoms with Gasteiger partial charge in [0.25, 0.3) is 0 Å². The minimum atomic E-state index is -1.28. The molecule has 1 saturated carbocycles. The predicted octanol–water partition coefficient (Wildman–Crippen LogP) is 3.10. The van der Waals surface area contributed by atoms with Crippen molar-refractivity contribution in [2.45, 2.75) is 123 Å². The van der Waals surface area contributed by atoms with Gasteiger partial charge in [-0.25, -0.2) is 0 Å². The maximum Gasteiger partial charge on any atom is 0.302 e. The highest BCUT2D eigenvalue weighted by Crippen LogP contribution is 2.60. The molecule has 0 bridgehead atoms. The molecule has 0 radical (unpaired) electrons. The number of esters is 1. The fourth-order valence-corrected chi connectivity index (χ4v) is 7.64. The summed E-state index contributed by atoms with van der Waals surface area (Å²) >= 11 is 0. The molecule has 9 unspecified atom stereocenters. The van der Waals surface area contributed by atoms with E-state index in [2.05, 4.69) is 0 Å². The third-order valence-corrected chi connectivity index (χ3v) is 9.95. The van der Waals surface area contributed by atoms with Crippen molar-refractivity contribution in [2.75, 3.05) is 0 Å². The molecule has 2 aliphatic carbocycles. The number of hydrogen-bond donors (Lipinski definition) is 3. The van der Waals surface area contributed by atoms with Gasteiger partial charge < -0.3 is 30.2 Å². The summed E-state index contributed by atoms with van der Waals surface area (Å²) in [5.74, 6) is -3.06. The molecule has 0 aromatic carbocycles. The highest BCUT2D eigenvalue weighted by molar-refractivity contribution is 6.24. The van der Waals surface area contributed by atoms with Gasteiger partial charge in [0, 0.05) is 29.7 Å². The van der Waals surface area contributed by atoms with Gasteiger partial charge in [0.15, 0.2) is 5.76 Å². The summed E-state index contributed by atoms with van der Waals surface area (Å²) in [6.07, 6.45) is 0.531. The number of Topliss-reactive ketones (excluding diaryl/α,β-unsaturated/α-hetero) is 2. The molecule has 218 valence electrons. The molecule has 4 rings (SSSR count). The quantitative estimate of drug-likeness (QED) is 0.337. The number of fused-ring (bicyclic) bond motifs is 3. The SMILES string of the molecule is CCC(C)C(OC(C)=O)C(C)C1=C(N)C(=O)C2=C(OC3(C)CCC4OC(C(C)(C)O)CCC4(C)C3C2O)C1=O. The molecule has 0 spiro atoms. The lowest BCUT2D eigenvalue weighted by molar-refractivity contribution is -0.260. The molecule has 4 N–H and O–H groups in total. The van der Waals surface area contributed by atoms with Crippen molar-refractivity contribution in [1.82, 2.24) is 0 Å². The third-order valence-electron chi connectivity index (χ3n) is 9.95. The average molecular weight is 548 g/mol. The summed E-state index contributed by atoms with van der Waals surface area (Å²) in [6, 6.07) is 0. The van der Waals surface area contributed by atoms with Gasteiger partial charge in [-0.05, 0) is 52.4 Å². The fourth-order valence-electron chi connectivity index (χ4n) is 7.64. The van der Waals surface area contributed by atoms with Crippen LogP contribution in [0.1, 0.15) is 87.5 Å². The Morgan fingerprint density at radius 3 is 2.38 bits per heavy atom. The fraction of sp³-hybridized carbons (Fsp3) is 0.767. The third kappa shape index (κ3) is 4.74. The molecule has 4 aliphatic rings. The van der Waals surface area contributed by atoms with Crippen molar-refractivity contribution in [3.63, 3.8) is 0 Å². The molecule has 0 aromatic rings. The topological polar surface area (TPSA) is 145 Å². The van der Waals surface area contributed by atoms with Gasteiger partial charge in [0.2, 0.25) is 11.6 Å². The Kier molecular flexibility index (Phi) is 7.62. The highest BCUT2D eigenvalue weighted by Gasteiger charge is 2.65. The number of carbonyl (C=O) groups excluding carboxylic acids is 3. The molecular formula is C30H45NO8. The molecule has 0 aromatic heterocycles. The van der Waals surface area contributed by atoms with Crippen LogP contribution in [0.2, 0.25) is 0 Å². The van der Waals surface area contributed by atoms with E-state index < -0.39 is 58.2 Å². The first-order valence-electron chi connectivity index (χ1n) is 14.2. The van der Waals surface area contributed by atoms with Crippen LogP contribution in [-0.4, -0.2) is 63.4 Å². The Morgan fingerprint density at radius 2 is 1.82 bits per heavy atom. The van der Waals surface area contributed by atoms with Gasteiger partial charge in [-0.3, -0.25) is 14.4 Å². The monoisotopic (exact) mass is 547 g/mol. The average Bonchev–Trinajstić information content (AvgIpc) is 2.83. The van der Waals surface area contributed by atoms with E-state index in [0.717, 1.165) is 0 Å². The van der Waals surface area contributed by atoms with E-state index >= 15 is 0 Å². The normalized spacial score (nSPS) is 37.3. The predicted molar refractivity (Wildman–Crippen MR) is 143 cm³/mol. The number of carbonyl (C=O) groups is 3. The maximum atomic E-state index is 14.0. The summed E-state index contributed by atoms with van der Waals surface area (Å²) in [5, 5.41) is 22.4. The summed E-state index contributed by atoms with van der Waals surface area (Å²) in [4.78, 5) is 39.6. The van der Waals surface area contributed by atoms with Gasteiger partial charge >= 0.3 is 5.97 Å². The minimum Gasteiger partial charge on any atom is -0.482 e. The van der Waals surface area contributed by atoms with Crippen molar-refractivity contribution < 1.29 is 38.8 Å². The number of allylic oxidation sites excluding steroid dienone is 2. The van der Waals surface area contributed by atoms with Crippen LogP contribution >= 0.6 is 0 Å². The highest BCUT2D eigenvalue weighted by atomic mass is 16.5. The zero-order valence-electron chi connectivity index (χ0n) is 24.5. The Bertz CT molecular complexity index is 1120. The molecule has 39 heavy (non-hydrogen) atoms. The number of ether oxygens (including phenoxy) is 3. The second kappa shape index (κ2) is 10.00. The summed E-state index contributed by atoms with van der Waals surface area (Å²) in [6.45, 7) is 14.3. The largest absolute Gasteiger partial charge is 0.482 e. The summed E-state index contributed by atoms with van der Waals surface area (Å²) in [7, 11) is 0. The molecule has 9 atom stereocenters. The van der Waals surface area contributed by atoms with E-state index in [1.54, 1.807) is 20.8 Å². The van der Waals surface area contributed by atoms with Gasteiger partial charge in [-0.15, -0.1) is 0 Å². The first-order valence-corrected chi connectivity index (χ1v) is 14.2. The molecule has 9 heteroatoms. The van der Waals surface area contributed by atoms with Gasteiger partial charge in [0.1, 0.15) is 11.7 Å². The molecule has 2 aliphatic heterocycles. The molecule has 0 amide bonds. The standard InChI is InChI=1S/C30H45NO8/c1-9-14(2)25(37-16(4)32)15(3)19-21(31)22(33)20-24(35)27-29(7)12-10-17(28(5,6)36)38-18(29)11-13-30(27,8)39-26(20)23(19)34/h14-15,17-18,24-25,27,35-36H,9-13,31H2,1-8H3. The lowest BCUT2D eigenvalue weighted by atomic mass is 9.52. The van der Waals surface area contributed by atoms with E-state index in [4.69, 9.17) is 19.9 Å². The van der Waals surface area contributed by atoms with Crippen molar-refractivity contribution >= 4 is 17.5 Å². The smallest absolute Gasteiger partial charge is 0.302 e. The second-order valence-corrected chi connectivity index (χ2v) is 13.2. The van der Waals surface area contributed by atoms with Crippen molar-refractivity contribution in [2.24, 2.45) is 28.9 Å². The Labute approximate surface area is 231 Å². The first kappa shape index (κ1) is 29.7. The van der Waals surface area contributed by atoms with Gasteiger partial charge in [-0.2, -0.15) is 0 Å².